The molecule has 3 heterocycles. The van der Waals surface area contributed by atoms with E-state index in [0.29, 0.717) is 18.9 Å². The first-order valence-electron chi connectivity index (χ1n) is 10.5. The minimum absolute atomic E-state index is 0.0185. The molecule has 0 spiro atoms. The Labute approximate surface area is 185 Å². The number of imidazole rings is 1. The van der Waals surface area contributed by atoms with Crippen LogP contribution in [-0.2, 0) is 20.8 Å². The lowest BCUT2D eigenvalue weighted by Crippen LogP contribution is -2.38. The lowest BCUT2D eigenvalue weighted by atomic mass is 9.81. The zero-order valence-corrected chi connectivity index (χ0v) is 18.2. The molecule has 2 aromatic heterocycles. The van der Waals surface area contributed by atoms with Crippen LogP contribution < -0.4 is 5.32 Å². The van der Waals surface area contributed by atoms with Gasteiger partial charge in [0.25, 0.3) is 5.91 Å². The number of thiophene rings is 1. The van der Waals surface area contributed by atoms with E-state index in [4.69, 9.17) is 9.47 Å². The molecule has 1 amide bonds. The largest absolute Gasteiger partial charge is 0.459 e. The number of nitrogens with one attached hydrogen (secondary N) is 2. The van der Waals surface area contributed by atoms with E-state index in [1.165, 1.54) is 0 Å². The average Bonchev–Trinajstić information content (AvgIpc) is 3.46. The van der Waals surface area contributed by atoms with Gasteiger partial charge in [0.1, 0.15) is 5.82 Å². The SMILES string of the molecule is CCO[C@@H]1OC(C(=O)NCc2nc3ccccc3[nH]2)=C[C@H](c2ccsc2)[C@@H]1CCCO. The predicted molar refractivity (Wildman–Crippen MR) is 119 cm³/mol. The maximum Gasteiger partial charge on any atom is 0.286 e. The molecule has 0 fully saturated rings. The molecule has 3 aromatic rings. The van der Waals surface area contributed by atoms with Crippen LogP contribution in [0.1, 0.15) is 37.1 Å². The van der Waals surface area contributed by atoms with Crippen LogP contribution in [0.25, 0.3) is 11.0 Å². The van der Waals surface area contributed by atoms with Crippen molar-refractivity contribution in [2.45, 2.75) is 38.5 Å². The molecule has 0 aliphatic carbocycles. The number of hydrogen-bond donors (Lipinski definition) is 3. The van der Waals surface area contributed by atoms with Crippen molar-refractivity contribution >= 4 is 28.3 Å². The van der Waals surface area contributed by atoms with Gasteiger partial charge in [0.15, 0.2) is 5.76 Å². The normalized spacial score (nSPS) is 21.0. The van der Waals surface area contributed by atoms with Crippen molar-refractivity contribution in [3.63, 3.8) is 0 Å². The monoisotopic (exact) mass is 441 g/mol. The maximum atomic E-state index is 12.9. The minimum atomic E-state index is -0.543. The van der Waals surface area contributed by atoms with E-state index in [1.54, 1.807) is 11.3 Å². The summed E-state index contributed by atoms with van der Waals surface area (Å²) in [6, 6.07) is 9.81. The highest BCUT2D eigenvalue weighted by Gasteiger charge is 2.37. The van der Waals surface area contributed by atoms with Gasteiger partial charge in [-0.05, 0) is 60.4 Å². The van der Waals surface area contributed by atoms with Crippen molar-refractivity contribution in [2.75, 3.05) is 13.2 Å². The van der Waals surface area contributed by atoms with Crippen LogP contribution in [-0.4, -0.2) is 40.5 Å². The number of carbonyl (C=O) groups excluding carboxylic acids is 1. The molecule has 0 unspecified atom stereocenters. The average molecular weight is 442 g/mol. The van der Waals surface area contributed by atoms with Crippen LogP contribution in [0.15, 0.2) is 52.9 Å². The fourth-order valence-electron chi connectivity index (χ4n) is 3.95. The zero-order chi connectivity index (χ0) is 21.6. The van der Waals surface area contributed by atoms with Gasteiger partial charge in [0.2, 0.25) is 6.29 Å². The van der Waals surface area contributed by atoms with E-state index >= 15 is 0 Å². The van der Waals surface area contributed by atoms with Crippen LogP contribution in [0.5, 0.6) is 0 Å². The van der Waals surface area contributed by atoms with Crippen LogP contribution in [0, 0.1) is 5.92 Å². The quantitative estimate of drug-likeness (QED) is 0.471. The van der Waals surface area contributed by atoms with E-state index in [0.717, 1.165) is 23.0 Å². The molecule has 0 saturated heterocycles. The van der Waals surface area contributed by atoms with Crippen LogP contribution in [0.3, 0.4) is 0 Å². The number of aromatic amines is 1. The minimum Gasteiger partial charge on any atom is -0.459 e. The molecule has 0 bridgehead atoms. The number of carbonyl (C=O) groups is 1. The Kier molecular flexibility index (Phi) is 7.01. The number of para-hydroxylation sites is 2. The molecule has 1 aromatic carbocycles. The Bertz CT molecular complexity index is 998. The Morgan fingerprint density at radius 3 is 2.97 bits per heavy atom. The standard InChI is InChI=1S/C23H27N3O4S/c1-2-29-23-16(6-5-10-27)17(15-9-11-31-14-15)12-20(30-23)22(28)24-13-21-25-18-7-3-4-8-19(18)26-21/h3-4,7-9,11-12,14,16-17,23,27H,2,5-6,10,13H2,1H3,(H,24,28)(H,25,26)/t16-,17+,23+/m0/s1. The second kappa shape index (κ2) is 10.1. The fourth-order valence-corrected chi connectivity index (χ4v) is 4.66. The number of ether oxygens (including phenoxy) is 2. The van der Waals surface area contributed by atoms with Crippen LogP contribution in [0.4, 0.5) is 0 Å². The molecule has 31 heavy (non-hydrogen) atoms. The van der Waals surface area contributed by atoms with Gasteiger partial charge < -0.3 is 24.9 Å². The van der Waals surface area contributed by atoms with Gasteiger partial charge in [-0.25, -0.2) is 4.98 Å². The number of aromatic nitrogens is 2. The van der Waals surface area contributed by atoms with Gasteiger partial charge in [-0.1, -0.05) is 12.1 Å². The third-order valence-corrected chi connectivity index (χ3v) is 6.12. The van der Waals surface area contributed by atoms with Gasteiger partial charge in [0, 0.05) is 25.0 Å². The lowest BCUT2D eigenvalue weighted by Gasteiger charge is -2.36. The number of amides is 1. The predicted octanol–water partition coefficient (Wildman–Crippen LogP) is 3.69. The molecule has 0 radical (unpaired) electrons. The zero-order valence-electron chi connectivity index (χ0n) is 17.4. The maximum absolute atomic E-state index is 12.9. The number of allylic oxidation sites excluding steroid dienone is 1. The molecule has 7 nitrogen and oxygen atoms in total. The van der Waals surface area contributed by atoms with Crippen LogP contribution >= 0.6 is 11.3 Å². The molecular formula is C23H27N3O4S. The lowest BCUT2D eigenvalue weighted by molar-refractivity contribution is -0.166. The third kappa shape index (κ3) is 4.98. The van der Waals surface area contributed by atoms with Gasteiger partial charge in [0.05, 0.1) is 17.6 Å². The molecule has 1 aliphatic heterocycles. The third-order valence-electron chi connectivity index (χ3n) is 5.42. The van der Waals surface area contributed by atoms with Crippen molar-refractivity contribution in [3.8, 4) is 0 Å². The molecule has 8 heteroatoms. The van der Waals surface area contributed by atoms with E-state index < -0.39 is 6.29 Å². The van der Waals surface area contributed by atoms with E-state index in [9.17, 15) is 9.90 Å². The first kappa shape index (κ1) is 21.5. The van der Waals surface area contributed by atoms with Gasteiger partial charge in [-0.3, -0.25) is 4.79 Å². The highest BCUT2D eigenvalue weighted by Crippen LogP contribution is 2.40. The van der Waals surface area contributed by atoms with E-state index in [1.807, 2.05) is 42.6 Å². The first-order chi connectivity index (χ1) is 15.2. The smallest absolute Gasteiger partial charge is 0.286 e. The van der Waals surface area contributed by atoms with Crippen molar-refractivity contribution in [3.05, 3.63) is 64.3 Å². The number of nitrogens with zero attached hydrogens (tertiary/aromatic N) is 1. The number of benzene rings is 1. The second-order valence-corrected chi connectivity index (χ2v) is 8.25. The summed E-state index contributed by atoms with van der Waals surface area (Å²) in [5, 5.41) is 16.3. The summed E-state index contributed by atoms with van der Waals surface area (Å²) in [6.45, 7) is 2.76. The fraction of sp³-hybridized carbons (Fsp3) is 0.391. The van der Waals surface area contributed by atoms with Crippen molar-refractivity contribution in [1.82, 2.24) is 15.3 Å². The molecule has 4 rings (SSSR count). The van der Waals surface area contributed by atoms with E-state index in [-0.39, 0.29) is 36.7 Å². The van der Waals surface area contributed by atoms with Crippen molar-refractivity contribution in [1.29, 1.82) is 0 Å². The summed E-state index contributed by atoms with van der Waals surface area (Å²) in [5.41, 5.74) is 2.92. The van der Waals surface area contributed by atoms with E-state index in [2.05, 4.69) is 26.7 Å². The highest BCUT2D eigenvalue weighted by molar-refractivity contribution is 7.08. The van der Waals surface area contributed by atoms with Gasteiger partial charge in [-0.2, -0.15) is 11.3 Å². The molecule has 0 saturated carbocycles. The number of fused-ring (bicyclic) bond motifs is 1. The number of rotatable bonds is 9. The van der Waals surface area contributed by atoms with Gasteiger partial charge in [-0.15, -0.1) is 0 Å². The number of H-pyrrole nitrogens is 1. The Balaban J connectivity index is 1.52. The molecule has 1 aliphatic rings. The van der Waals surface area contributed by atoms with Crippen molar-refractivity contribution < 1.29 is 19.4 Å². The number of aliphatic hydroxyl groups excluding tert-OH is 1. The number of aliphatic hydroxyl groups is 1. The van der Waals surface area contributed by atoms with Crippen LogP contribution in [0.2, 0.25) is 0 Å². The van der Waals surface area contributed by atoms with Crippen molar-refractivity contribution in [2.24, 2.45) is 5.92 Å². The Hall–Kier alpha value is -2.68. The summed E-state index contributed by atoms with van der Waals surface area (Å²) in [5.74, 6) is 0.642. The summed E-state index contributed by atoms with van der Waals surface area (Å²) in [7, 11) is 0. The summed E-state index contributed by atoms with van der Waals surface area (Å²) in [6.07, 6.45) is 2.73. The summed E-state index contributed by atoms with van der Waals surface area (Å²) >= 11 is 1.62. The molecule has 3 N–H and O–H groups in total. The van der Waals surface area contributed by atoms with Gasteiger partial charge >= 0.3 is 0 Å². The summed E-state index contributed by atoms with van der Waals surface area (Å²) < 4.78 is 11.9. The molecule has 3 atom stereocenters. The first-order valence-corrected chi connectivity index (χ1v) is 11.5. The molecule has 164 valence electrons. The Morgan fingerprint density at radius 1 is 1.35 bits per heavy atom. The number of hydrogen-bond acceptors (Lipinski definition) is 6. The summed E-state index contributed by atoms with van der Waals surface area (Å²) in [4.78, 5) is 20.6. The Morgan fingerprint density at radius 2 is 2.23 bits per heavy atom. The highest BCUT2D eigenvalue weighted by atomic mass is 32.1. The topological polar surface area (TPSA) is 96.5 Å². The molecular weight excluding hydrogens is 414 g/mol. The second-order valence-electron chi connectivity index (χ2n) is 7.47.